The van der Waals surface area contributed by atoms with Gasteiger partial charge in [-0.05, 0) is 54.7 Å². The number of nitrogens with one attached hydrogen (secondary N) is 2. The van der Waals surface area contributed by atoms with Gasteiger partial charge in [-0.2, -0.15) is 0 Å². The molecule has 0 saturated heterocycles. The Bertz CT molecular complexity index is 694. The molecule has 19 heavy (non-hydrogen) atoms. The average Bonchev–Trinajstić information content (AvgIpc) is 2.65. The zero-order valence-electron chi connectivity index (χ0n) is 10.5. The smallest absolute Gasteiger partial charge is 0.242 e. The van der Waals surface area contributed by atoms with Gasteiger partial charge in [-0.3, -0.25) is 4.79 Å². The predicted molar refractivity (Wildman–Crippen MR) is 83.2 cm³/mol. The molecule has 2 rings (SSSR count). The Morgan fingerprint density at radius 2 is 2.32 bits per heavy atom. The lowest BCUT2D eigenvalue weighted by Gasteiger charge is -2.14. The third-order valence-corrected chi connectivity index (χ3v) is 4.00. The van der Waals surface area contributed by atoms with Gasteiger partial charge in [-0.25, -0.2) is 4.39 Å². The Balaban J connectivity index is 2.60. The van der Waals surface area contributed by atoms with Gasteiger partial charge in [-0.15, -0.1) is 0 Å². The van der Waals surface area contributed by atoms with Crippen LogP contribution >= 0.6 is 34.8 Å². The SMILES string of the molecule is CCNC(=O)C(C)n1c(=S)[nH]c2cc(I)c(F)cc21. The number of hydrogen-bond donors (Lipinski definition) is 2. The van der Waals surface area contributed by atoms with Crippen LogP contribution in [0.1, 0.15) is 19.9 Å². The number of H-pyrrole nitrogens is 1. The normalized spacial score (nSPS) is 12.6. The number of carbonyl (C=O) groups excluding carboxylic acids is 1. The lowest BCUT2D eigenvalue weighted by atomic mass is 10.2. The number of rotatable bonds is 3. The van der Waals surface area contributed by atoms with Gasteiger partial charge in [0.1, 0.15) is 11.9 Å². The fourth-order valence-electron chi connectivity index (χ4n) is 1.94. The van der Waals surface area contributed by atoms with Crippen molar-refractivity contribution in [1.82, 2.24) is 14.9 Å². The third-order valence-electron chi connectivity index (χ3n) is 2.88. The molecule has 1 aromatic carbocycles. The minimum atomic E-state index is -0.485. The molecule has 2 N–H and O–H groups in total. The fraction of sp³-hybridized carbons (Fsp3) is 0.333. The quantitative estimate of drug-likeness (QED) is 0.622. The third kappa shape index (κ3) is 2.66. The van der Waals surface area contributed by atoms with Gasteiger partial charge in [-0.1, -0.05) is 0 Å². The van der Waals surface area contributed by atoms with Gasteiger partial charge in [0.25, 0.3) is 0 Å². The molecule has 0 bridgehead atoms. The molecule has 0 aliphatic carbocycles. The highest BCUT2D eigenvalue weighted by Crippen LogP contribution is 2.23. The maximum absolute atomic E-state index is 13.7. The first-order valence-electron chi connectivity index (χ1n) is 5.82. The molecule has 0 fully saturated rings. The van der Waals surface area contributed by atoms with Crippen LogP contribution in [0.4, 0.5) is 4.39 Å². The standard InChI is InChI=1S/C12H13FIN3OS/c1-3-15-11(18)6(2)17-10-4-7(13)8(14)5-9(10)16-12(17)19/h4-6H,3H2,1-2H3,(H,15,18)(H,16,19). The molecule has 0 aliphatic heterocycles. The number of imidazole rings is 1. The second-order valence-corrected chi connectivity index (χ2v) is 5.70. The minimum Gasteiger partial charge on any atom is -0.355 e. The highest BCUT2D eigenvalue weighted by molar-refractivity contribution is 14.1. The van der Waals surface area contributed by atoms with Crippen LogP contribution in [0.2, 0.25) is 0 Å². The Hall–Kier alpha value is -0.960. The Labute approximate surface area is 128 Å². The minimum absolute atomic E-state index is 0.140. The molecule has 7 heteroatoms. The zero-order chi connectivity index (χ0) is 14.2. The van der Waals surface area contributed by atoms with E-state index < -0.39 is 6.04 Å². The number of carbonyl (C=O) groups is 1. The van der Waals surface area contributed by atoms with Crippen LogP contribution in [0, 0.1) is 14.2 Å². The second-order valence-electron chi connectivity index (χ2n) is 4.15. The van der Waals surface area contributed by atoms with Crippen molar-refractivity contribution in [3.05, 3.63) is 26.3 Å². The van der Waals surface area contributed by atoms with Crippen LogP contribution in [-0.4, -0.2) is 22.0 Å². The summed E-state index contributed by atoms with van der Waals surface area (Å²) in [6, 6.07) is 2.60. The Morgan fingerprint density at radius 3 is 2.95 bits per heavy atom. The number of aromatic nitrogens is 2. The van der Waals surface area contributed by atoms with Crippen LogP contribution in [0.5, 0.6) is 0 Å². The molecule has 2 aromatic rings. The van der Waals surface area contributed by atoms with Crippen molar-refractivity contribution in [1.29, 1.82) is 0 Å². The number of benzene rings is 1. The van der Waals surface area contributed by atoms with Gasteiger partial charge >= 0.3 is 0 Å². The van der Waals surface area contributed by atoms with Gasteiger partial charge in [0.2, 0.25) is 5.91 Å². The summed E-state index contributed by atoms with van der Waals surface area (Å²) in [6.45, 7) is 4.14. The highest BCUT2D eigenvalue weighted by Gasteiger charge is 2.18. The molecule has 1 heterocycles. The summed E-state index contributed by atoms with van der Waals surface area (Å²) in [6.07, 6.45) is 0. The fourth-order valence-corrected chi connectivity index (χ4v) is 2.78. The summed E-state index contributed by atoms with van der Waals surface area (Å²) in [5, 5.41) is 2.74. The molecular weight excluding hydrogens is 380 g/mol. The zero-order valence-corrected chi connectivity index (χ0v) is 13.4. The number of likely N-dealkylation sites (N-methyl/N-ethyl adjacent to an activating group) is 1. The summed E-state index contributed by atoms with van der Waals surface area (Å²) < 4.78 is 16.2. The molecule has 0 spiro atoms. The van der Waals surface area contributed by atoms with Crippen LogP contribution < -0.4 is 5.32 Å². The van der Waals surface area contributed by atoms with E-state index >= 15 is 0 Å². The molecular formula is C12H13FIN3OS. The van der Waals surface area contributed by atoms with Crippen molar-refractivity contribution in [2.75, 3.05) is 6.54 Å². The topological polar surface area (TPSA) is 49.8 Å². The number of fused-ring (bicyclic) bond motifs is 1. The van der Waals surface area contributed by atoms with Crippen molar-refractivity contribution in [3.8, 4) is 0 Å². The molecule has 102 valence electrons. The summed E-state index contributed by atoms with van der Waals surface area (Å²) >= 11 is 7.14. The second kappa shape index (κ2) is 5.58. The van der Waals surface area contributed by atoms with Crippen molar-refractivity contribution in [2.45, 2.75) is 19.9 Å². The summed E-state index contributed by atoms with van der Waals surface area (Å²) in [5.74, 6) is -0.461. The van der Waals surface area contributed by atoms with Crippen LogP contribution in [0.15, 0.2) is 12.1 Å². The summed E-state index contributed by atoms with van der Waals surface area (Å²) in [4.78, 5) is 14.9. The first-order valence-corrected chi connectivity index (χ1v) is 7.31. The summed E-state index contributed by atoms with van der Waals surface area (Å²) in [7, 11) is 0. The molecule has 1 aromatic heterocycles. The number of nitrogens with zero attached hydrogens (tertiary/aromatic N) is 1. The van der Waals surface area contributed by atoms with E-state index in [-0.39, 0.29) is 11.7 Å². The van der Waals surface area contributed by atoms with Crippen LogP contribution in [0.25, 0.3) is 11.0 Å². The van der Waals surface area contributed by atoms with Crippen LogP contribution in [-0.2, 0) is 4.79 Å². The Kier molecular flexibility index (Phi) is 4.24. The van der Waals surface area contributed by atoms with Gasteiger partial charge < -0.3 is 14.9 Å². The number of hydrogen-bond acceptors (Lipinski definition) is 2. The van der Waals surface area contributed by atoms with E-state index in [4.69, 9.17) is 12.2 Å². The lowest BCUT2D eigenvalue weighted by Crippen LogP contribution is -2.30. The monoisotopic (exact) mass is 393 g/mol. The van der Waals surface area contributed by atoms with Gasteiger partial charge in [0.05, 0.1) is 14.6 Å². The van der Waals surface area contributed by atoms with Crippen molar-refractivity contribution >= 4 is 51.7 Å². The first-order chi connectivity index (χ1) is 8.95. The van der Waals surface area contributed by atoms with Crippen molar-refractivity contribution in [2.24, 2.45) is 0 Å². The van der Waals surface area contributed by atoms with E-state index in [2.05, 4.69) is 10.3 Å². The average molecular weight is 393 g/mol. The number of halogens is 2. The van der Waals surface area contributed by atoms with E-state index in [1.807, 2.05) is 29.5 Å². The van der Waals surface area contributed by atoms with E-state index in [9.17, 15) is 9.18 Å². The van der Waals surface area contributed by atoms with Gasteiger partial charge in [0, 0.05) is 12.6 Å². The molecule has 1 amide bonds. The van der Waals surface area contributed by atoms with Crippen molar-refractivity contribution < 1.29 is 9.18 Å². The van der Waals surface area contributed by atoms with Gasteiger partial charge in [0.15, 0.2) is 4.77 Å². The van der Waals surface area contributed by atoms with E-state index in [1.54, 1.807) is 17.6 Å². The molecule has 1 unspecified atom stereocenters. The molecule has 0 radical (unpaired) electrons. The molecule has 4 nitrogen and oxygen atoms in total. The predicted octanol–water partition coefficient (Wildman–Crippen LogP) is 3.14. The number of amides is 1. The molecule has 0 aliphatic rings. The maximum atomic E-state index is 13.7. The van der Waals surface area contributed by atoms with E-state index in [0.29, 0.717) is 20.4 Å². The van der Waals surface area contributed by atoms with Crippen LogP contribution in [0.3, 0.4) is 0 Å². The van der Waals surface area contributed by atoms with Crippen molar-refractivity contribution in [3.63, 3.8) is 0 Å². The lowest BCUT2D eigenvalue weighted by molar-refractivity contribution is -0.123. The summed E-state index contributed by atoms with van der Waals surface area (Å²) in [5.41, 5.74) is 1.33. The largest absolute Gasteiger partial charge is 0.355 e. The first kappa shape index (κ1) is 14.4. The molecule has 0 saturated carbocycles. The number of aromatic amines is 1. The van der Waals surface area contributed by atoms with E-state index in [1.165, 1.54) is 6.07 Å². The Morgan fingerprint density at radius 1 is 1.63 bits per heavy atom. The molecule has 1 atom stereocenters. The highest BCUT2D eigenvalue weighted by atomic mass is 127. The maximum Gasteiger partial charge on any atom is 0.242 e. The van der Waals surface area contributed by atoms with E-state index in [0.717, 1.165) is 5.52 Å².